The Labute approximate surface area is 196 Å². The molecule has 1 heterocycles. The molecule has 4 saturated carbocycles. The van der Waals surface area contributed by atoms with Gasteiger partial charge >= 0.3 is 0 Å². The Morgan fingerprint density at radius 1 is 1.21 bits per heavy atom. The lowest BCUT2D eigenvalue weighted by Crippen LogP contribution is -2.59. The van der Waals surface area contributed by atoms with Crippen LogP contribution in [0.1, 0.15) is 69.7 Å². The molecule has 1 aromatic heterocycles. The monoisotopic (exact) mass is 457 g/mol. The molecule has 0 radical (unpaired) electrons. The number of hydrogen-bond acceptors (Lipinski definition) is 5. The lowest BCUT2D eigenvalue weighted by Gasteiger charge is -2.56. The van der Waals surface area contributed by atoms with Gasteiger partial charge in [0.05, 0.1) is 18.7 Å². The average molecular weight is 458 g/mol. The Kier molecular flexibility index (Phi) is 7.12. The summed E-state index contributed by atoms with van der Waals surface area (Å²) in [6.07, 6.45) is 12.3. The van der Waals surface area contributed by atoms with Crippen molar-refractivity contribution in [3.8, 4) is 5.88 Å². The van der Waals surface area contributed by atoms with Gasteiger partial charge < -0.3 is 21.1 Å². The van der Waals surface area contributed by atoms with Crippen molar-refractivity contribution in [3.05, 3.63) is 17.8 Å². The highest BCUT2D eigenvalue weighted by Gasteiger charge is 2.51. The number of hydrogen-bond donors (Lipinski definition) is 3. The van der Waals surface area contributed by atoms with Gasteiger partial charge in [-0.3, -0.25) is 9.59 Å². The van der Waals surface area contributed by atoms with Gasteiger partial charge in [-0.25, -0.2) is 4.68 Å². The third-order valence-corrected chi connectivity index (χ3v) is 7.34. The van der Waals surface area contributed by atoms with E-state index in [0.717, 1.165) is 37.0 Å². The summed E-state index contributed by atoms with van der Waals surface area (Å²) in [4.78, 5) is 25.6. The summed E-state index contributed by atoms with van der Waals surface area (Å²) in [5.41, 5.74) is 5.84. The summed E-state index contributed by atoms with van der Waals surface area (Å²) in [7, 11) is 0. The minimum Gasteiger partial charge on any atom is -0.477 e. The molecule has 2 amide bonds. The molecule has 0 saturated heterocycles. The van der Waals surface area contributed by atoms with Crippen LogP contribution in [-0.2, 0) is 4.79 Å². The van der Waals surface area contributed by atoms with Crippen molar-refractivity contribution >= 4 is 18.0 Å². The maximum Gasteiger partial charge on any atom is 0.258 e. The molecular weight excluding hydrogens is 418 g/mol. The van der Waals surface area contributed by atoms with Crippen molar-refractivity contribution in [1.29, 1.82) is 0 Å². The second kappa shape index (κ2) is 9.87. The highest BCUT2D eigenvalue weighted by molar-refractivity contribution is 5.97. The van der Waals surface area contributed by atoms with Crippen LogP contribution >= 0.6 is 0 Å². The second-order valence-corrected chi connectivity index (χ2v) is 10.9. The molecular formula is C25H39N5O3. The molecule has 4 aliphatic rings. The van der Waals surface area contributed by atoms with E-state index in [9.17, 15) is 9.59 Å². The average Bonchev–Trinajstić information content (AvgIpc) is 3.15. The van der Waals surface area contributed by atoms with E-state index in [2.05, 4.69) is 29.6 Å². The van der Waals surface area contributed by atoms with E-state index in [-0.39, 0.29) is 23.3 Å². The minimum atomic E-state index is -0.358. The van der Waals surface area contributed by atoms with Crippen molar-refractivity contribution in [2.24, 2.45) is 35.3 Å². The zero-order valence-electron chi connectivity index (χ0n) is 20.2. The van der Waals surface area contributed by atoms with E-state index < -0.39 is 0 Å². The number of carbonyl (C=O) groups is 2. The molecule has 5 rings (SSSR count). The van der Waals surface area contributed by atoms with Crippen LogP contribution < -0.4 is 21.1 Å². The Bertz CT molecular complexity index is 855. The number of nitrogens with zero attached hydrogens (tertiary/aromatic N) is 2. The van der Waals surface area contributed by atoms with Gasteiger partial charge in [-0.1, -0.05) is 26.8 Å². The van der Waals surface area contributed by atoms with E-state index in [4.69, 9.17) is 10.5 Å². The fourth-order valence-corrected chi connectivity index (χ4v) is 6.23. The molecule has 0 aromatic carbocycles. The summed E-state index contributed by atoms with van der Waals surface area (Å²) in [5.74, 6) is 2.43. The van der Waals surface area contributed by atoms with Crippen molar-refractivity contribution in [1.82, 2.24) is 20.4 Å². The molecule has 0 spiro atoms. The SMILES string of the molecule is CC(C)COc1c(C(=O)NC23CC4CC(CC(C4)C2)C3)cnn1/C=C/C(C)C(=O)NCCN. The summed E-state index contributed by atoms with van der Waals surface area (Å²) in [6, 6.07) is 0. The van der Waals surface area contributed by atoms with Crippen molar-refractivity contribution in [2.75, 3.05) is 19.7 Å². The zero-order valence-corrected chi connectivity index (χ0v) is 20.2. The van der Waals surface area contributed by atoms with Crippen LogP contribution in [0.5, 0.6) is 5.88 Å². The number of ether oxygens (including phenoxy) is 1. The van der Waals surface area contributed by atoms with Crippen molar-refractivity contribution in [2.45, 2.75) is 64.8 Å². The molecule has 182 valence electrons. The number of carbonyl (C=O) groups excluding carboxylic acids is 2. The molecule has 8 nitrogen and oxygen atoms in total. The number of rotatable bonds is 10. The predicted molar refractivity (Wildman–Crippen MR) is 127 cm³/mol. The fourth-order valence-electron chi connectivity index (χ4n) is 6.23. The Morgan fingerprint density at radius 2 is 1.85 bits per heavy atom. The molecule has 4 bridgehead atoms. The number of aromatic nitrogens is 2. The van der Waals surface area contributed by atoms with E-state index in [0.29, 0.717) is 37.1 Å². The normalized spacial score (nSPS) is 28.9. The smallest absolute Gasteiger partial charge is 0.258 e. The number of nitrogens with one attached hydrogen (secondary N) is 2. The van der Waals surface area contributed by atoms with Gasteiger partial charge in [-0.2, -0.15) is 5.10 Å². The summed E-state index contributed by atoms with van der Waals surface area (Å²) >= 11 is 0. The first-order valence-electron chi connectivity index (χ1n) is 12.5. The van der Waals surface area contributed by atoms with Crippen LogP contribution in [0.25, 0.3) is 6.20 Å². The van der Waals surface area contributed by atoms with Gasteiger partial charge in [0.1, 0.15) is 5.56 Å². The molecule has 33 heavy (non-hydrogen) atoms. The van der Waals surface area contributed by atoms with Crippen molar-refractivity contribution in [3.63, 3.8) is 0 Å². The van der Waals surface area contributed by atoms with Gasteiger partial charge in [-0.05, 0) is 62.2 Å². The van der Waals surface area contributed by atoms with Crippen LogP contribution in [0.15, 0.2) is 12.3 Å². The first-order chi connectivity index (χ1) is 15.8. The first kappa shape index (κ1) is 23.8. The van der Waals surface area contributed by atoms with Gasteiger partial charge in [0, 0.05) is 24.8 Å². The summed E-state index contributed by atoms with van der Waals surface area (Å²) < 4.78 is 7.60. The standard InChI is InChI=1S/C25H39N5O3/c1-16(2)15-33-24-21(14-28-30(24)7-4-17(3)22(31)27-6-5-26)23(32)29-25-11-18-8-19(12-25)10-20(9-18)13-25/h4,7,14,16-20H,5-6,8-13,15,26H2,1-3H3,(H,27,31)(H,29,32)/b7-4+. The Morgan fingerprint density at radius 3 is 2.42 bits per heavy atom. The predicted octanol–water partition coefficient (Wildman–Crippen LogP) is 2.80. The minimum absolute atomic E-state index is 0.0747. The van der Waals surface area contributed by atoms with Crippen LogP contribution in [0.4, 0.5) is 0 Å². The maximum absolute atomic E-state index is 13.4. The zero-order chi connectivity index (χ0) is 23.6. The van der Waals surface area contributed by atoms with E-state index in [1.165, 1.54) is 19.3 Å². The lowest BCUT2D eigenvalue weighted by molar-refractivity contribution is -0.123. The molecule has 0 aliphatic heterocycles. The largest absolute Gasteiger partial charge is 0.477 e. The molecule has 4 N–H and O–H groups in total. The Hall–Kier alpha value is -2.35. The summed E-state index contributed by atoms with van der Waals surface area (Å²) in [6.45, 7) is 7.25. The number of nitrogens with two attached hydrogens (primary N) is 1. The van der Waals surface area contributed by atoms with Gasteiger partial charge in [0.25, 0.3) is 5.91 Å². The summed E-state index contributed by atoms with van der Waals surface area (Å²) in [5, 5.41) is 10.6. The molecule has 1 atom stereocenters. The molecule has 4 fully saturated rings. The molecule has 8 heteroatoms. The van der Waals surface area contributed by atoms with Crippen LogP contribution in [0.2, 0.25) is 0 Å². The molecule has 4 aliphatic carbocycles. The molecule has 1 unspecified atom stereocenters. The second-order valence-electron chi connectivity index (χ2n) is 10.9. The number of amides is 2. The van der Waals surface area contributed by atoms with Crippen molar-refractivity contribution < 1.29 is 14.3 Å². The van der Waals surface area contributed by atoms with E-state index in [1.54, 1.807) is 30.1 Å². The Balaban J connectivity index is 1.50. The van der Waals surface area contributed by atoms with E-state index >= 15 is 0 Å². The molecule has 1 aromatic rings. The van der Waals surface area contributed by atoms with Gasteiger partial charge in [0.15, 0.2) is 0 Å². The quantitative estimate of drug-likeness (QED) is 0.500. The van der Waals surface area contributed by atoms with E-state index in [1.807, 2.05) is 0 Å². The van der Waals surface area contributed by atoms with Gasteiger partial charge in [-0.15, -0.1) is 0 Å². The first-order valence-corrected chi connectivity index (χ1v) is 12.5. The fraction of sp³-hybridized carbons (Fsp3) is 0.720. The third kappa shape index (κ3) is 5.42. The van der Waals surface area contributed by atoms with Crippen LogP contribution in [-0.4, -0.2) is 46.8 Å². The lowest BCUT2D eigenvalue weighted by atomic mass is 9.53. The highest BCUT2D eigenvalue weighted by Crippen LogP contribution is 2.55. The van der Waals surface area contributed by atoms with Crippen LogP contribution in [0.3, 0.4) is 0 Å². The highest BCUT2D eigenvalue weighted by atomic mass is 16.5. The van der Waals surface area contributed by atoms with Gasteiger partial charge in [0.2, 0.25) is 11.8 Å². The topological polar surface area (TPSA) is 111 Å². The third-order valence-electron chi connectivity index (χ3n) is 7.34. The van der Waals surface area contributed by atoms with Crippen LogP contribution in [0, 0.1) is 29.6 Å². The maximum atomic E-state index is 13.4.